The molecule has 5 rings (SSSR count). The number of hydrogen-bond acceptors (Lipinski definition) is 6. The standard InChI is InChI=1S/C37H41NO6/c39-23-13-22-33-35(42-26-30-16-7-2-8-17-30)36(43-27-31-18-9-3-10-19-31)34(41-25-29-14-5-1-6-15-29)24-38(33)37(40)44-28-32-20-11-4-12-21-32/h1-12,14-21,33-36,39H,13,22-28H2/t33-,34+,35-,36-/m1/s1. The highest BCUT2D eigenvalue weighted by Crippen LogP contribution is 2.31. The zero-order chi connectivity index (χ0) is 30.4. The average molecular weight is 596 g/mol. The Morgan fingerprint density at radius 2 is 1.05 bits per heavy atom. The molecule has 0 aromatic heterocycles. The fraction of sp³-hybridized carbons (Fsp3) is 0.324. The van der Waals surface area contributed by atoms with Crippen LogP contribution in [0.15, 0.2) is 121 Å². The predicted octanol–water partition coefficient (Wildman–Crippen LogP) is 6.54. The van der Waals surface area contributed by atoms with E-state index in [1.54, 1.807) is 4.90 Å². The molecule has 1 N–H and O–H groups in total. The predicted molar refractivity (Wildman–Crippen MR) is 168 cm³/mol. The Balaban J connectivity index is 1.44. The molecule has 1 saturated heterocycles. The lowest BCUT2D eigenvalue weighted by atomic mass is 9.90. The van der Waals surface area contributed by atoms with Crippen LogP contribution in [0.5, 0.6) is 0 Å². The number of aliphatic hydroxyl groups is 1. The fourth-order valence-corrected chi connectivity index (χ4v) is 5.54. The number of amides is 1. The number of aliphatic hydroxyl groups excluding tert-OH is 1. The summed E-state index contributed by atoms with van der Waals surface area (Å²) < 4.78 is 25.7. The van der Waals surface area contributed by atoms with Crippen LogP contribution in [0.4, 0.5) is 4.79 Å². The molecule has 0 radical (unpaired) electrons. The second-order valence-electron chi connectivity index (χ2n) is 11.0. The summed E-state index contributed by atoms with van der Waals surface area (Å²) in [6.45, 7) is 1.48. The third-order valence-corrected chi connectivity index (χ3v) is 7.82. The van der Waals surface area contributed by atoms with E-state index in [0.29, 0.717) is 32.7 Å². The van der Waals surface area contributed by atoms with Crippen LogP contribution in [0.1, 0.15) is 35.1 Å². The average Bonchev–Trinajstić information content (AvgIpc) is 3.09. The van der Waals surface area contributed by atoms with E-state index in [4.69, 9.17) is 18.9 Å². The van der Waals surface area contributed by atoms with Crippen LogP contribution < -0.4 is 0 Å². The van der Waals surface area contributed by atoms with Gasteiger partial charge in [-0.25, -0.2) is 4.79 Å². The number of rotatable bonds is 14. The molecule has 1 heterocycles. The molecule has 230 valence electrons. The molecule has 4 atom stereocenters. The third-order valence-electron chi connectivity index (χ3n) is 7.82. The summed E-state index contributed by atoms with van der Waals surface area (Å²) in [5.41, 5.74) is 3.98. The first-order valence-corrected chi connectivity index (χ1v) is 15.3. The molecule has 7 heteroatoms. The summed E-state index contributed by atoms with van der Waals surface area (Å²) in [5.74, 6) is 0. The van der Waals surface area contributed by atoms with Gasteiger partial charge in [-0.05, 0) is 35.1 Å². The summed E-state index contributed by atoms with van der Waals surface area (Å²) in [6.07, 6.45) is -0.935. The van der Waals surface area contributed by atoms with E-state index < -0.39 is 30.4 Å². The number of hydrogen-bond donors (Lipinski definition) is 1. The first kappa shape index (κ1) is 31.4. The molecule has 44 heavy (non-hydrogen) atoms. The van der Waals surface area contributed by atoms with Crippen molar-refractivity contribution in [3.8, 4) is 0 Å². The first-order chi connectivity index (χ1) is 21.7. The molecule has 1 aliphatic heterocycles. The summed E-state index contributed by atoms with van der Waals surface area (Å²) in [6, 6.07) is 39.2. The molecular weight excluding hydrogens is 554 g/mol. The lowest BCUT2D eigenvalue weighted by Crippen LogP contribution is -2.64. The molecule has 4 aromatic rings. The molecule has 7 nitrogen and oxygen atoms in total. The van der Waals surface area contributed by atoms with Gasteiger partial charge in [0, 0.05) is 6.61 Å². The maximum atomic E-state index is 13.8. The Labute approximate surface area is 260 Å². The fourth-order valence-electron chi connectivity index (χ4n) is 5.54. The van der Waals surface area contributed by atoms with Crippen molar-refractivity contribution >= 4 is 6.09 Å². The van der Waals surface area contributed by atoms with Crippen molar-refractivity contribution in [3.05, 3.63) is 144 Å². The molecule has 4 aromatic carbocycles. The van der Waals surface area contributed by atoms with Gasteiger partial charge >= 0.3 is 6.09 Å². The lowest BCUT2D eigenvalue weighted by molar-refractivity contribution is -0.199. The second kappa shape index (κ2) is 16.7. The van der Waals surface area contributed by atoms with Crippen LogP contribution in [-0.4, -0.2) is 53.6 Å². The minimum atomic E-state index is -0.538. The number of ether oxygens (including phenoxy) is 4. The Morgan fingerprint density at radius 3 is 1.52 bits per heavy atom. The Hall–Kier alpha value is -4.01. The zero-order valence-electron chi connectivity index (χ0n) is 24.9. The minimum absolute atomic E-state index is 0.00170. The number of carbonyl (C=O) groups excluding carboxylic acids is 1. The van der Waals surface area contributed by atoms with Gasteiger partial charge in [0.1, 0.15) is 24.9 Å². The molecule has 0 aliphatic carbocycles. The molecule has 1 fully saturated rings. The quantitative estimate of drug-likeness (QED) is 0.179. The van der Waals surface area contributed by atoms with Crippen LogP contribution in [0.25, 0.3) is 0 Å². The molecular formula is C37H41NO6. The largest absolute Gasteiger partial charge is 0.445 e. The van der Waals surface area contributed by atoms with E-state index in [-0.39, 0.29) is 19.8 Å². The van der Waals surface area contributed by atoms with E-state index in [0.717, 1.165) is 22.3 Å². The van der Waals surface area contributed by atoms with Crippen molar-refractivity contribution in [3.63, 3.8) is 0 Å². The Bertz CT molecular complexity index is 1370. The van der Waals surface area contributed by atoms with E-state index in [1.807, 2.05) is 121 Å². The number of benzene rings is 4. The van der Waals surface area contributed by atoms with Gasteiger partial charge in [0.15, 0.2) is 0 Å². The van der Waals surface area contributed by atoms with Gasteiger partial charge in [-0.2, -0.15) is 0 Å². The number of piperidine rings is 1. The SMILES string of the molecule is O=C(OCc1ccccc1)N1C[C@H](OCc2ccccc2)[C@@H](OCc2ccccc2)[C@H](OCc2ccccc2)[C@H]1CCCO. The van der Waals surface area contributed by atoms with Crippen LogP contribution in [0.2, 0.25) is 0 Å². The minimum Gasteiger partial charge on any atom is -0.445 e. The van der Waals surface area contributed by atoms with Crippen LogP contribution in [-0.2, 0) is 45.4 Å². The van der Waals surface area contributed by atoms with Crippen molar-refractivity contribution in [1.29, 1.82) is 0 Å². The van der Waals surface area contributed by atoms with Gasteiger partial charge in [-0.3, -0.25) is 4.90 Å². The Kier molecular flexibility index (Phi) is 11.9. The summed E-state index contributed by atoms with van der Waals surface area (Å²) in [7, 11) is 0. The maximum Gasteiger partial charge on any atom is 0.410 e. The smallest absolute Gasteiger partial charge is 0.410 e. The van der Waals surface area contributed by atoms with E-state index in [9.17, 15) is 9.90 Å². The highest BCUT2D eigenvalue weighted by Gasteiger charge is 2.48. The molecule has 0 bridgehead atoms. The van der Waals surface area contributed by atoms with E-state index >= 15 is 0 Å². The highest BCUT2D eigenvalue weighted by molar-refractivity contribution is 5.68. The maximum absolute atomic E-state index is 13.8. The van der Waals surface area contributed by atoms with Gasteiger partial charge in [0.2, 0.25) is 0 Å². The molecule has 1 aliphatic rings. The number of nitrogens with zero attached hydrogens (tertiary/aromatic N) is 1. The zero-order valence-corrected chi connectivity index (χ0v) is 24.9. The van der Waals surface area contributed by atoms with Crippen LogP contribution in [0, 0.1) is 0 Å². The van der Waals surface area contributed by atoms with Gasteiger partial charge < -0.3 is 24.1 Å². The highest BCUT2D eigenvalue weighted by atomic mass is 16.6. The van der Waals surface area contributed by atoms with Gasteiger partial charge in [-0.1, -0.05) is 121 Å². The third kappa shape index (κ3) is 9.00. The van der Waals surface area contributed by atoms with Gasteiger partial charge in [0.25, 0.3) is 0 Å². The van der Waals surface area contributed by atoms with Crippen LogP contribution >= 0.6 is 0 Å². The van der Waals surface area contributed by atoms with Gasteiger partial charge in [-0.15, -0.1) is 0 Å². The van der Waals surface area contributed by atoms with Gasteiger partial charge in [0.05, 0.1) is 32.4 Å². The number of likely N-dealkylation sites (tertiary alicyclic amines) is 1. The normalized spacial score (nSPS) is 19.9. The van der Waals surface area contributed by atoms with Crippen molar-refractivity contribution in [2.24, 2.45) is 0 Å². The molecule has 1 amide bonds. The summed E-state index contributed by atoms with van der Waals surface area (Å²) in [4.78, 5) is 15.5. The second-order valence-corrected chi connectivity index (χ2v) is 11.0. The lowest BCUT2D eigenvalue weighted by Gasteiger charge is -2.48. The summed E-state index contributed by atoms with van der Waals surface area (Å²) >= 11 is 0. The van der Waals surface area contributed by atoms with E-state index in [1.165, 1.54) is 0 Å². The van der Waals surface area contributed by atoms with Crippen molar-refractivity contribution in [1.82, 2.24) is 4.90 Å². The van der Waals surface area contributed by atoms with Crippen LogP contribution in [0.3, 0.4) is 0 Å². The topological polar surface area (TPSA) is 77.5 Å². The molecule has 0 saturated carbocycles. The molecule has 0 spiro atoms. The monoisotopic (exact) mass is 595 g/mol. The number of carbonyl (C=O) groups is 1. The summed E-state index contributed by atoms with van der Waals surface area (Å²) in [5, 5.41) is 9.82. The first-order valence-electron chi connectivity index (χ1n) is 15.3. The Morgan fingerprint density at radius 1 is 0.614 bits per heavy atom. The van der Waals surface area contributed by atoms with Crippen molar-refractivity contribution < 1.29 is 28.8 Å². The van der Waals surface area contributed by atoms with Crippen molar-refractivity contribution in [2.75, 3.05) is 13.2 Å². The van der Waals surface area contributed by atoms with Crippen molar-refractivity contribution in [2.45, 2.75) is 63.6 Å². The van der Waals surface area contributed by atoms with E-state index in [2.05, 4.69) is 0 Å². The molecule has 0 unspecified atom stereocenters.